The second-order valence-electron chi connectivity index (χ2n) is 5.19. The van der Waals surface area contributed by atoms with Crippen LogP contribution < -0.4 is 5.32 Å². The fourth-order valence-electron chi connectivity index (χ4n) is 2.18. The summed E-state index contributed by atoms with van der Waals surface area (Å²) in [5.41, 5.74) is 3.07. The average molecular weight is 303 g/mol. The van der Waals surface area contributed by atoms with Crippen molar-refractivity contribution < 1.29 is 4.79 Å². The lowest BCUT2D eigenvalue weighted by molar-refractivity contribution is -0.117. The van der Waals surface area contributed by atoms with Crippen LogP contribution in [0.5, 0.6) is 0 Å². The van der Waals surface area contributed by atoms with Crippen LogP contribution >= 0.6 is 11.6 Å². The van der Waals surface area contributed by atoms with E-state index in [2.05, 4.69) is 30.4 Å². The van der Waals surface area contributed by atoms with Gasteiger partial charge in [0.2, 0.25) is 5.91 Å². The minimum absolute atomic E-state index is 0.0711. The number of carbonyl (C=O) groups is 1. The predicted molar refractivity (Wildman–Crippen MR) is 87.6 cm³/mol. The minimum atomic E-state index is -0.0711. The molecule has 0 aliphatic heterocycles. The van der Waals surface area contributed by atoms with Crippen LogP contribution in [0.4, 0.5) is 5.69 Å². The number of nitrogens with zero attached hydrogens (tertiary/aromatic N) is 1. The fourth-order valence-corrected chi connectivity index (χ4v) is 2.36. The lowest BCUT2D eigenvalue weighted by atomic mass is 10.1. The van der Waals surface area contributed by atoms with Crippen LogP contribution in [0.15, 0.2) is 48.5 Å². The van der Waals surface area contributed by atoms with Crippen LogP contribution in [0, 0.1) is 6.92 Å². The van der Waals surface area contributed by atoms with E-state index in [-0.39, 0.29) is 5.91 Å². The summed E-state index contributed by atoms with van der Waals surface area (Å²) in [5, 5.41) is 3.37. The van der Waals surface area contributed by atoms with Crippen molar-refractivity contribution in [2.75, 3.05) is 18.9 Å². The van der Waals surface area contributed by atoms with Crippen LogP contribution in [0.25, 0.3) is 0 Å². The minimum Gasteiger partial charge on any atom is -0.324 e. The first kappa shape index (κ1) is 15.5. The Kier molecular flexibility index (Phi) is 5.37. The number of halogens is 1. The van der Waals surface area contributed by atoms with Gasteiger partial charge in [0.1, 0.15) is 0 Å². The number of nitrogens with one attached hydrogen (secondary N) is 1. The lowest BCUT2D eigenvalue weighted by Crippen LogP contribution is -2.29. The lowest BCUT2D eigenvalue weighted by Gasteiger charge is -2.17. The van der Waals surface area contributed by atoms with Gasteiger partial charge >= 0.3 is 0 Å². The molecule has 0 heterocycles. The van der Waals surface area contributed by atoms with Gasteiger partial charge in [0, 0.05) is 6.54 Å². The summed E-state index contributed by atoms with van der Waals surface area (Å²) in [6, 6.07) is 15.5. The Bertz CT molecular complexity index is 628. The summed E-state index contributed by atoms with van der Waals surface area (Å²) in [7, 11) is 1.93. The van der Waals surface area contributed by atoms with Crippen molar-refractivity contribution in [1.29, 1.82) is 0 Å². The largest absolute Gasteiger partial charge is 0.324 e. The van der Waals surface area contributed by atoms with E-state index >= 15 is 0 Å². The number of likely N-dealkylation sites (N-methyl/N-ethyl adjacent to an activating group) is 1. The Hall–Kier alpha value is -1.84. The molecule has 3 nitrogen and oxygen atoms in total. The number of benzene rings is 2. The van der Waals surface area contributed by atoms with Crippen LogP contribution in [-0.2, 0) is 11.3 Å². The molecule has 0 unspecified atom stereocenters. The molecule has 1 amide bonds. The van der Waals surface area contributed by atoms with Crippen molar-refractivity contribution in [2.24, 2.45) is 0 Å². The third kappa shape index (κ3) is 4.88. The first-order chi connectivity index (χ1) is 10.0. The average Bonchev–Trinajstić information content (AvgIpc) is 2.41. The summed E-state index contributed by atoms with van der Waals surface area (Å²) in [4.78, 5) is 14.0. The first-order valence-electron chi connectivity index (χ1n) is 6.83. The molecule has 0 saturated heterocycles. The highest BCUT2D eigenvalue weighted by Gasteiger charge is 2.09. The monoisotopic (exact) mass is 302 g/mol. The number of hydrogen-bond donors (Lipinski definition) is 1. The number of anilines is 1. The molecular formula is C17H19ClN2O. The molecule has 0 spiro atoms. The molecule has 0 bridgehead atoms. The molecule has 0 aromatic heterocycles. The van der Waals surface area contributed by atoms with E-state index in [4.69, 9.17) is 11.6 Å². The van der Waals surface area contributed by atoms with Crippen molar-refractivity contribution in [3.8, 4) is 0 Å². The molecule has 0 fully saturated rings. The normalized spacial score (nSPS) is 10.7. The van der Waals surface area contributed by atoms with E-state index in [1.807, 2.05) is 30.1 Å². The fraction of sp³-hybridized carbons (Fsp3) is 0.235. The van der Waals surface area contributed by atoms with Crippen molar-refractivity contribution in [2.45, 2.75) is 13.5 Å². The molecule has 2 aromatic rings. The van der Waals surface area contributed by atoms with Gasteiger partial charge in [-0.2, -0.15) is 0 Å². The van der Waals surface area contributed by atoms with Crippen molar-refractivity contribution in [3.05, 3.63) is 64.7 Å². The maximum atomic E-state index is 12.0. The van der Waals surface area contributed by atoms with Gasteiger partial charge in [-0.05, 0) is 31.7 Å². The molecule has 21 heavy (non-hydrogen) atoms. The third-order valence-electron chi connectivity index (χ3n) is 3.10. The highest BCUT2D eigenvalue weighted by molar-refractivity contribution is 6.33. The number of carbonyl (C=O) groups excluding carboxylic acids is 1. The van der Waals surface area contributed by atoms with Gasteiger partial charge in [-0.15, -0.1) is 0 Å². The number of para-hydroxylation sites is 1. The molecule has 0 aliphatic carbocycles. The molecule has 0 saturated carbocycles. The van der Waals surface area contributed by atoms with Gasteiger partial charge in [-0.25, -0.2) is 0 Å². The highest BCUT2D eigenvalue weighted by Crippen LogP contribution is 2.20. The Morgan fingerprint density at radius 1 is 1.19 bits per heavy atom. The Morgan fingerprint density at radius 3 is 2.67 bits per heavy atom. The zero-order chi connectivity index (χ0) is 15.2. The van der Waals surface area contributed by atoms with Gasteiger partial charge in [-0.1, -0.05) is 53.6 Å². The number of hydrogen-bond acceptors (Lipinski definition) is 2. The summed E-state index contributed by atoms with van der Waals surface area (Å²) >= 11 is 6.02. The quantitative estimate of drug-likeness (QED) is 0.913. The van der Waals surface area contributed by atoms with Gasteiger partial charge < -0.3 is 5.32 Å². The Labute approximate surface area is 130 Å². The molecule has 2 rings (SSSR count). The second kappa shape index (κ2) is 7.25. The summed E-state index contributed by atoms with van der Waals surface area (Å²) < 4.78 is 0. The van der Waals surface area contributed by atoms with Gasteiger partial charge in [0.15, 0.2) is 0 Å². The number of aryl methyl sites for hydroxylation is 1. The molecule has 0 atom stereocenters. The topological polar surface area (TPSA) is 32.3 Å². The predicted octanol–water partition coefficient (Wildman–Crippen LogP) is 3.72. The second-order valence-corrected chi connectivity index (χ2v) is 5.60. The number of amides is 1. The molecule has 4 heteroatoms. The van der Waals surface area contributed by atoms with E-state index in [1.165, 1.54) is 11.1 Å². The Morgan fingerprint density at radius 2 is 1.95 bits per heavy atom. The van der Waals surface area contributed by atoms with E-state index in [9.17, 15) is 4.79 Å². The van der Waals surface area contributed by atoms with Gasteiger partial charge in [-0.3, -0.25) is 9.69 Å². The van der Waals surface area contributed by atoms with Crippen molar-refractivity contribution >= 4 is 23.2 Å². The molecule has 0 aliphatic rings. The van der Waals surface area contributed by atoms with E-state index in [0.717, 1.165) is 6.54 Å². The first-order valence-corrected chi connectivity index (χ1v) is 7.21. The van der Waals surface area contributed by atoms with Gasteiger partial charge in [0.25, 0.3) is 0 Å². The van der Waals surface area contributed by atoms with E-state index < -0.39 is 0 Å². The third-order valence-corrected chi connectivity index (χ3v) is 3.43. The summed E-state index contributed by atoms with van der Waals surface area (Å²) in [5.74, 6) is -0.0711. The number of rotatable bonds is 5. The Balaban J connectivity index is 1.89. The molecule has 0 radical (unpaired) electrons. The van der Waals surface area contributed by atoms with Crippen LogP contribution in [0.3, 0.4) is 0 Å². The maximum Gasteiger partial charge on any atom is 0.238 e. The zero-order valence-electron chi connectivity index (χ0n) is 12.3. The van der Waals surface area contributed by atoms with Crippen LogP contribution in [-0.4, -0.2) is 24.4 Å². The van der Waals surface area contributed by atoms with Crippen LogP contribution in [0.1, 0.15) is 11.1 Å². The summed E-state index contributed by atoms with van der Waals surface area (Å²) in [6.45, 7) is 3.12. The van der Waals surface area contributed by atoms with Gasteiger partial charge in [0.05, 0.1) is 17.3 Å². The molecule has 2 aromatic carbocycles. The van der Waals surface area contributed by atoms with Crippen LogP contribution in [0.2, 0.25) is 5.02 Å². The molecule has 110 valence electrons. The van der Waals surface area contributed by atoms with E-state index in [0.29, 0.717) is 17.3 Å². The highest BCUT2D eigenvalue weighted by atomic mass is 35.5. The maximum absolute atomic E-state index is 12.0. The SMILES string of the molecule is Cc1cccc(CN(C)CC(=O)Nc2ccccc2Cl)c1. The van der Waals surface area contributed by atoms with E-state index in [1.54, 1.807) is 12.1 Å². The molecule has 1 N–H and O–H groups in total. The standard InChI is InChI=1S/C17H19ClN2O/c1-13-6-5-7-14(10-13)11-20(2)12-17(21)19-16-9-4-3-8-15(16)18/h3-10H,11-12H2,1-2H3,(H,19,21). The zero-order valence-corrected chi connectivity index (χ0v) is 13.0. The molecular weight excluding hydrogens is 284 g/mol. The van der Waals surface area contributed by atoms with Crippen molar-refractivity contribution in [1.82, 2.24) is 4.90 Å². The summed E-state index contributed by atoms with van der Waals surface area (Å²) in [6.07, 6.45) is 0. The smallest absolute Gasteiger partial charge is 0.238 e. The van der Waals surface area contributed by atoms with Crippen molar-refractivity contribution in [3.63, 3.8) is 0 Å².